The Morgan fingerprint density at radius 3 is 2.36 bits per heavy atom. The van der Waals surface area contributed by atoms with Gasteiger partial charge in [-0.15, -0.1) is 0 Å². The second-order valence-corrected chi connectivity index (χ2v) is 6.78. The van der Waals surface area contributed by atoms with Crippen molar-refractivity contribution in [2.75, 3.05) is 19.6 Å². The van der Waals surface area contributed by atoms with Crippen LogP contribution in [0.4, 0.5) is 0 Å². The molecule has 0 unspecified atom stereocenters. The molecule has 5 nitrogen and oxygen atoms in total. The fourth-order valence-electron chi connectivity index (χ4n) is 3.66. The minimum Gasteiger partial charge on any atom is -0.369 e. The van der Waals surface area contributed by atoms with Crippen molar-refractivity contribution in [1.29, 1.82) is 0 Å². The third-order valence-electron chi connectivity index (χ3n) is 4.81. The van der Waals surface area contributed by atoms with Gasteiger partial charge in [0, 0.05) is 41.8 Å². The zero-order chi connectivity index (χ0) is 16.4. The van der Waals surface area contributed by atoms with Gasteiger partial charge in [-0.25, -0.2) is 0 Å². The fraction of sp³-hybridized carbons (Fsp3) is 0.647. The molecule has 1 aliphatic heterocycles. The number of nitrogens with zero attached hydrogens (tertiary/aromatic N) is 1. The van der Waals surface area contributed by atoms with E-state index in [0.717, 1.165) is 42.9 Å². The maximum Gasteiger partial charge on any atom is 0.220 e. The van der Waals surface area contributed by atoms with Crippen LogP contribution >= 0.6 is 0 Å². The average Bonchev–Trinajstić information content (AvgIpc) is 2.74. The zero-order valence-electron chi connectivity index (χ0n) is 14.1. The Kier molecular flexibility index (Phi) is 5.06. The molecule has 1 fully saturated rings. The molecule has 1 aromatic rings. The average molecular weight is 306 g/mol. The normalized spacial score (nSPS) is 22.0. The SMILES string of the molecule is Cc1cc(C(=O)C[NH+]2CCC(C(N)=O)CC2)c(C)n1C(C)C. The Balaban J connectivity index is 2.02. The van der Waals surface area contributed by atoms with Gasteiger partial charge >= 0.3 is 0 Å². The van der Waals surface area contributed by atoms with E-state index in [1.54, 1.807) is 0 Å². The number of Topliss-reactive ketones (excluding diaryl/α,β-unsaturated/α-hetero) is 1. The summed E-state index contributed by atoms with van der Waals surface area (Å²) in [5, 5.41) is 0. The van der Waals surface area contributed by atoms with Crippen molar-refractivity contribution >= 4 is 11.7 Å². The first-order valence-electron chi connectivity index (χ1n) is 8.15. The smallest absolute Gasteiger partial charge is 0.220 e. The van der Waals surface area contributed by atoms with Crippen molar-refractivity contribution in [2.24, 2.45) is 11.7 Å². The molecule has 0 bridgehead atoms. The summed E-state index contributed by atoms with van der Waals surface area (Å²) in [6.07, 6.45) is 1.59. The number of carbonyl (C=O) groups is 2. The predicted molar refractivity (Wildman–Crippen MR) is 86.1 cm³/mol. The van der Waals surface area contributed by atoms with Crippen LogP contribution in [0.15, 0.2) is 6.07 Å². The highest BCUT2D eigenvalue weighted by Gasteiger charge is 2.28. The molecule has 0 saturated carbocycles. The lowest BCUT2D eigenvalue weighted by molar-refractivity contribution is -0.897. The summed E-state index contributed by atoms with van der Waals surface area (Å²) in [5.74, 6) is -0.0109. The van der Waals surface area contributed by atoms with Gasteiger partial charge in [0.2, 0.25) is 11.7 Å². The lowest BCUT2D eigenvalue weighted by Crippen LogP contribution is -3.14. The van der Waals surface area contributed by atoms with Gasteiger partial charge in [0.25, 0.3) is 0 Å². The standard InChI is InChI=1S/C17H27N3O2/c1-11(2)20-12(3)9-15(13(20)4)16(21)10-19-7-5-14(6-8-19)17(18)22/h9,11,14H,5-8,10H2,1-4H3,(H2,18,22)/p+1. The van der Waals surface area contributed by atoms with Crippen LogP contribution in [0.2, 0.25) is 0 Å². The van der Waals surface area contributed by atoms with E-state index in [1.807, 2.05) is 13.0 Å². The molecule has 0 aromatic carbocycles. The maximum atomic E-state index is 12.6. The van der Waals surface area contributed by atoms with Crippen LogP contribution in [-0.4, -0.2) is 35.9 Å². The number of ketones is 1. The molecule has 3 N–H and O–H groups in total. The topological polar surface area (TPSA) is 69.5 Å². The summed E-state index contributed by atoms with van der Waals surface area (Å²) in [5.41, 5.74) is 8.39. The molecule has 0 atom stereocenters. The van der Waals surface area contributed by atoms with Crippen molar-refractivity contribution in [3.05, 3.63) is 23.0 Å². The van der Waals surface area contributed by atoms with Gasteiger partial charge < -0.3 is 15.2 Å². The van der Waals surface area contributed by atoms with Crippen molar-refractivity contribution in [2.45, 2.75) is 46.6 Å². The molecule has 1 amide bonds. The number of primary amides is 1. The van der Waals surface area contributed by atoms with Gasteiger partial charge in [0.15, 0.2) is 0 Å². The first-order chi connectivity index (χ1) is 10.3. The largest absolute Gasteiger partial charge is 0.369 e. The van der Waals surface area contributed by atoms with Crippen LogP contribution in [0.3, 0.4) is 0 Å². The van der Waals surface area contributed by atoms with E-state index < -0.39 is 0 Å². The van der Waals surface area contributed by atoms with E-state index in [2.05, 4.69) is 25.3 Å². The van der Waals surface area contributed by atoms with E-state index in [9.17, 15) is 9.59 Å². The number of piperidine rings is 1. The van der Waals surface area contributed by atoms with Crippen molar-refractivity contribution in [3.63, 3.8) is 0 Å². The Morgan fingerprint density at radius 1 is 1.32 bits per heavy atom. The number of amides is 1. The molecule has 1 saturated heterocycles. The second kappa shape index (κ2) is 6.65. The fourth-order valence-corrected chi connectivity index (χ4v) is 3.66. The molecule has 0 spiro atoms. The molecule has 22 heavy (non-hydrogen) atoms. The summed E-state index contributed by atoms with van der Waals surface area (Å²) in [7, 11) is 0. The number of nitrogens with one attached hydrogen (secondary N) is 1. The lowest BCUT2D eigenvalue weighted by atomic mass is 9.96. The van der Waals surface area contributed by atoms with Crippen LogP contribution in [0.5, 0.6) is 0 Å². The molecule has 0 radical (unpaired) electrons. The van der Waals surface area contributed by atoms with Crippen LogP contribution < -0.4 is 10.6 Å². The van der Waals surface area contributed by atoms with Crippen molar-refractivity contribution in [3.8, 4) is 0 Å². The Morgan fingerprint density at radius 2 is 1.91 bits per heavy atom. The maximum absolute atomic E-state index is 12.6. The molecule has 1 aliphatic rings. The van der Waals surface area contributed by atoms with Gasteiger partial charge in [0.05, 0.1) is 13.1 Å². The minimum atomic E-state index is -0.203. The highest BCUT2D eigenvalue weighted by atomic mass is 16.1. The molecule has 2 heterocycles. The Labute approximate surface area is 132 Å². The number of carbonyl (C=O) groups excluding carboxylic acids is 2. The highest BCUT2D eigenvalue weighted by molar-refractivity contribution is 5.98. The zero-order valence-corrected chi connectivity index (χ0v) is 14.1. The first kappa shape index (κ1) is 16.7. The van der Waals surface area contributed by atoms with Crippen LogP contribution in [-0.2, 0) is 4.79 Å². The van der Waals surface area contributed by atoms with Crippen LogP contribution in [0, 0.1) is 19.8 Å². The summed E-state index contributed by atoms with van der Waals surface area (Å²) < 4.78 is 2.21. The minimum absolute atomic E-state index is 0.00939. The number of rotatable bonds is 5. The van der Waals surface area contributed by atoms with Crippen molar-refractivity contribution < 1.29 is 14.5 Å². The molecular weight excluding hydrogens is 278 g/mol. The number of aryl methyl sites for hydroxylation is 1. The Bertz CT molecular complexity index is 567. The molecule has 1 aromatic heterocycles. The van der Waals surface area contributed by atoms with Gasteiger partial charge in [-0.1, -0.05) is 0 Å². The first-order valence-corrected chi connectivity index (χ1v) is 8.15. The molecule has 2 rings (SSSR count). The molecular formula is C17H28N3O2+. The number of aromatic nitrogens is 1. The van der Waals surface area contributed by atoms with Gasteiger partial charge in [-0.2, -0.15) is 0 Å². The summed E-state index contributed by atoms with van der Waals surface area (Å²) in [4.78, 5) is 25.1. The number of quaternary nitrogens is 1. The predicted octanol–water partition coefficient (Wildman–Crippen LogP) is 0.649. The van der Waals surface area contributed by atoms with Crippen molar-refractivity contribution in [1.82, 2.24) is 4.57 Å². The number of nitrogens with two attached hydrogens (primary N) is 1. The van der Waals surface area contributed by atoms with Gasteiger partial charge in [-0.05, 0) is 33.8 Å². The van der Waals surface area contributed by atoms with E-state index in [0.29, 0.717) is 12.6 Å². The molecule has 0 aliphatic carbocycles. The lowest BCUT2D eigenvalue weighted by Gasteiger charge is -2.27. The molecule has 5 heteroatoms. The summed E-state index contributed by atoms with van der Waals surface area (Å²) >= 11 is 0. The second-order valence-electron chi connectivity index (χ2n) is 6.78. The van der Waals surface area contributed by atoms with E-state index in [-0.39, 0.29) is 17.6 Å². The Hall–Kier alpha value is -1.62. The van der Waals surface area contributed by atoms with Crippen LogP contribution in [0.25, 0.3) is 0 Å². The number of likely N-dealkylation sites (tertiary alicyclic amines) is 1. The van der Waals surface area contributed by atoms with E-state index >= 15 is 0 Å². The highest BCUT2D eigenvalue weighted by Crippen LogP contribution is 2.20. The third kappa shape index (κ3) is 3.40. The number of hydrogen-bond donors (Lipinski definition) is 2. The molecule has 122 valence electrons. The van der Waals surface area contributed by atoms with Gasteiger partial charge in [-0.3, -0.25) is 9.59 Å². The van der Waals surface area contributed by atoms with Crippen LogP contribution in [0.1, 0.15) is 54.5 Å². The monoisotopic (exact) mass is 306 g/mol. The van der Waals surface area contributed by atoms with Gasteiger partial charge in [0.1, 0.15) is 6.54 Å². The van der Waals surface area contributed by atoms with E-state index in [4.69, 9.17) is 5.73 Å². The van der Waals surface area contributed by atoms with E-state index in [1.165, 1.54) is 4.90 Å². The number of hydrogen-bond acceptors (Lipinski definition) is 2. The summed E-state index contributed by atoms with van der Waals surface area (Å²) in [6.45, 7) is 10.5. The summed E-state index contributed by atoms with van der Waals surface area (Å²) in [6, 6.07) is 2.37. The quantitative estimate of drug-likeness (QED) is 0.784. The third-order valence-corrected chi connectivity index (χ3v) is 4.81.